The number of aryl methyl sites for hydroxylation is 1. The molecule has 7 nitrogen and oxygen atoms in total. The van der Waals surface area contributed by atoms with Gasteiger partial charge in [0.1, 0.15) is 12.1 Å². The summed E-state index contributed by atoms with van der Waals surface area (Å²) in [7, 11) is 0. The van der Waals surface area contributed by atoms with Gasteiger partial charge in [-0.1, -0.05) is 17.7 Å². The molecule has 1 saturated heterocycles. The molecule has 31 heavy (non-hydrogen) atoms. The van der Waals surface area contributed by atoms with E-state index in [9.17, 15) is 4.79 Å². The summed E-state index contributed by atoms with van der Waals surface area (Å²) < 4.78 is 5.48. The van der Waals surface area contributed by atoms with Crippen LogP contribution in [-0.2, 0) is 17.8 Å². The second-order valence-corrected chi connectivity index (χ2v) is 7.95. The minimum atomic E-state index is -0.101. The van der Waals surface area contributed by atoms with Gasteiger partial charge in [-0.3, -0.25) is 4.79 Å². The van der Waals surface area contributed by atoms with Crippen molar-refractivity contribution in [2.45, 2.75) is 20.0 Å². The summed E-state index contributed by atoms with van der Waals surface area (Å²) in [6.45, 7) is 6.70. The van der Waals surface area contributed by atoms with Gasteiger partial charge < -0.3 is 19.9 Å². The third-order valence-electron chi connectivity index (χ3n) is 5.78. The van der Waals surface area contributed by atoms with Crippen LogP contribution in [-0.4, -0.2) is 42.2 Å². The quantitative estimate of drug-likeness (QED) is 0.704. The van der Waals surface area contributed by atoms with E-state index in [2.05, 4.69) is 25.1 Å². The molecule has 2 aromatic carbocycles. The number of nitrogens with zero attached hydrogens (tertiary/aromatic N) is 4. The number of benzene rings is 2. The second kappa shape index (κ2) is 8.35. The van der Waals surface area contributed by atoms with Crippen LogP contribution in [0.4, 0.5) is 17.2 Å². The standard InChI is InChI=1S/C24H25N5O2/c1-17-3-2-4-18(13-17)24(30)27-19-5-7-20(8-6-19)29-14-21-22(15-29)25-16-26-23(21)28-9-11-31-12-10-28/h2-8,13,16H,9-12,14-15H2,1H3,(H,27,30). The van der Waals surface area contributed by atoms with Gasteiger partial charge in [0.25, 0.3) is 5.91 Å². The molecule has 0 saturated carbocycles. The molecule has 1 fully saturated rings. The van der Waals surface area contributed by atoms with Crippen molar-refractivity contribution in [3.8, 4) is 0 Å². The van der Waals surface area contributed by atoms with Crippen LogP contribution in [0.2, 0.25) is 0 Å². The van der Waals surface area contributed by atoms with E-state index in [-0.39, 0.29) is 5.91 Å². The van der Waals surface area contributed by atoms with Crippen molar-refractivity contribution in [1.82, 2.24) is 9.97 Å². The van der Waals surface area contributed by atoms with Gasteiger partial charge in [0.15, 0.2) is 0 Å². The van der Waals surface area contributed by atoms with Crippen LogP contribution in [0.1, 0.15) is 27.2 Å². The first-order chi connectivity index (χ1) is 15.2. The Bertz CT molecular complexity index is 1090. The molecule has 0 unspecified atom stereocenters. The van der Waals surface area contributed by atoms with Gasteiger partial charge >= 0.3 is 0 Å². The predicted molar refractivity (Wildman–Crippen MR) is 121 cm³/mol. The molecule has 1 N–H and O–H groups in total. The van der Waals surface area contributed by atoms with Gasteiger partial charge in [0.2, 0.25) is 0 Å². The minimum absolute atomic E-state index is 0.101. The molecule has 0 atom stereocenters. The highest BCUT2D eigenvalue weighted by molar-refractivity contribution is 6.04. The summed E-state index contributed by atoms with van der Waals surface area (Å²) in [5, 5.41) is 2.97. The third-order valence-corrected chi connectivity index (χ3v) is 5.78. The normalized spacial score (nSPS) is 15.6. The smallest absolute Gasteiger partial charge is 0.255 e. The summed E-state index contributed by atoms with van der Waals surface area (Å²) in [6.07, 6.45) is 1.66. The summed E-state index contributed by atoms with van der Waals surface area (Å²) >= 11 is 0. The Morgan fingerprint density at radius 1 is 1.00 bits per heavy atom. The fourth-order valence-corrected chi connectivity index (χ4v) is 4.14. The number of hydrogen-bond donors (Lipinski definition) is 1. The van der Waals surface area contributed by atoms with E-state index in [4.69, 9.17) is 4.74 Å². The van der Waals surface area contributed by atoms with Gasteiger partial charge in [0.05, 0.1) is 25.5 Å². The number of hydrogen-bond acceptors (Lipinski definition) is 6. The van der Waals surface area contributed by atoms with Crippen molar-refractivity contribution >= 4 is 23.1 Å². The van der Waals surface area contributed by atoms with Crippen molar-refractivity contribution in [2.75, 3.05) is 41.4 Å². The fourth-order valence-electron chi connectivity index (χ4n) is 4.14. The first-order valence-corrected chi connectivity index (χ1v) is 10.6. The molecule has 3 heterocycles. The van der Waals surface area contributed by atoms with Gasteiger partial charge in [-0.15, -0.1) is 0 Å². The molecule has 1 amide bonds. The van der Waals surface area contributed by atoms with Crippen molar-refractivity contribution in [2.24, 2.45) is 0 Å². The monoisotopic (exact) mass is 415 g/mol. The number of carbonyl (C=O) groups is 1. The van der Waals surface area contributed by atoms with Crippen LogP contribution >= 0.6 is 0 Å². The second-order valence-electron chi connectivity index (χ2n) is 7.95. The molecule has 0 radical (unpaired) electrons. The van der Waals surface area contributed by atoms with Crippen LogP contribution < -0.4 is 15.1 Å². The summed E-state index contributed by atoms with van der Waals surface area (Å²) in [4.78, 5) is 26.2. The van der Waals surface area contributed by atoms with Gasteiger partial charge in [-0.2, -0.15) is 0 Å². The van der Waals surface area contributed by atoms with Crippen molar-refractivity contribution in [1.29, 1.82) is 0 Å². The fraction of sp³-hybridized carbons (Fsp3) is 0.292. The third kappa shape index (κ3) is 4.09. The maximum Gasteiger partial charge on any atom is 0.255 e. The van der Waals surface area contributed by atoms with E-state index in [0.29, 0.717) is 5.56 Å². The topological polar surface area (TPSA) is 70.6 Å². The van der Waals surface area contributed by atoms with E-state index in [0.717, 1.165) is 67.8 Å². The van der Waals surface area contributed by atoms with E-state index in [1.165, 1.54) is 5.56 Å². The predicted octanol–water partition coefficient (Wildman–Crippen LogP) is 3.39. The molecular weight excluding hydrogens is 390 g/mol. The Morgan fingerprint density at radius 3 is 2.58 bits per heavy atom. The molecule has 0 aliphatic carbocycles. The van der Waals surface area contributed by atoms with Crippen LogP contribution in [0, 0.1) is 6.92 Å². The molecule has 1 aromatic heterocycles. The first-order valence-electron chi connectivity index (χ1n) is 10.6. The van der Waals surface area contributed by atoms with Crippen LogP contribution in [0.15, 0.2) is 54.9 Å². The number of ether oxygens (including phenoxy) is 1. The Balaban J connectivity index is 1.28. The Morgan fingerprint density at radius 2 is 1.81 bits per heavy atom. The van der Waals surface area contributed by atoms with E-state index >= 15 is 0 Å². The summed E-state index contributed by atoms with van der Waals surface area (Å²) in [5.41, 5.74) is 5.87. The van der Waals surface area contributed by atoms with Gasteiger partial charge in [0, 0.05) is 42.1 Å². The van der Waals surface area contributed by atoms with E-state index in [1.54, 1.807) is 6.33 Å². The molecule has 2 aliphatic rings. The maximum atomic E-state index is 12.5. The van der Waals surface area contributed by atoms with Crippen LogP contribution in [0.3, 0.4) is 0 Å². The zero-order valence-corrected chi connectivity index (χ0v) is 17.5. The average molecular weight is 415 g/mol. The first kappa shape index (κ1) is 19.5. The lowest BCUT2D eigenvalue weighted by molar-refractivity contribution is 0.102. The number of anilines is 3. The zero-order valence-electron chi connectivity index (χ0n) is 17.5. The number of amides is 1. The number of rotatable bonds is 4. The molecule has 7 heteroatoms. The maximum absolute atomic E-state index is 12.5. The Hall–Kier alpha value is -3.45. The lowest BCUT2D eigenvalue weighted by Crippen LogP contribution is -2.37. The van der Waals surface area contributed by atoms with Crippen molar-refractivity contribution in [3.05, 3.63) is 77.2 Å². The number of aromatic nitrogens is 2. The van der Waals surface area contributed by atoms with E-state index < -0.39 is 0 Å². The Labute approximate surface area is 181 Å². The summed E-state index contributed by atoms with van der Waals surface area (Å²) in [5.74, 6) is 0.924. The van der Waals surface area contributed by atoms with Crippen LogP contribution in [0.25, 0.3) is 0 Å². The number of carbonyl (C=O) groups excluding carboxylic acids is 1. The molecule has 2 aliphatic heterocycles. The molecule has 3 aromatic rings. The molecule has 0 bridgehead atoms. The van der Waals surface area contributed by atoms with Crippen LogP contribution in [0.5, 0.6) is 0 Å². The lowest BCUT2D eigenvalue weighted by Gasteiger charge is -2.29. The van der Waals surface area contributed by atoms with Crippen molar-refractivity contribution < 1.29 is 9.53 Å². The summed E-state index contributed by atoms with van der Waals surface area (Å²) in [6, 6.07) is 15.6. The molecule has 158 valence electrons. The number of nitrogens with one attached hydrogen (secondary N) is 1. The highest BCUT2D eigenvalue weighted by atomic mass is 16.5. The zero-order chi connectivity index (χ0) is 21.2. The highest BCUT2D eigenvalue weighted by Crippen LogP contribution is 2.32. The highest BCUT2D eigenvalue weighted by Gasteiger charge is 2.27. The van der Waals surface area contributed by atoms with E-state index in [1.807, 2.05) is 55.5 Å². The SMILES string of the molecule is Cc1cccc(C(=O)Nc2ccc(N3Cc4ncnc(N5CCOCC5)c4C3)cc2)c1. The molecule has 0 spiro atoms. The number of fused-ring (bicyclic) bond motifs is 1. The molecular formula is C24H25N5O2. The Kier molecular flexibility index (Phi) is 5.26. The van der Waals surface area contributed by atoms with Crippen molar-refractivity contribution in [3.63, 3.8) is 0 Å². The minimum Gasteiger partial charge on any atom is -0.378 e. The van der Waals surface area contributed by atoms with Gasteiger partial charge in [-0.25, -0.2) is 9.97 Å². The average Bonchev–Trinajstić information content (AvgIpc) is 3.24. The number of morpholine rings is 1. The largest absolute Gasteiger partial charge is 0.378 e. The lowest BCUT2D eigenvalue weighted by atomic mass is 10.1. The molecule has 5 rings (SSSR count). The van der Waals surface area contributed by atoms with Gasteiger partial charge in [-0.05, 0) is 43.3 Å².